The van der Waals surface area contributed by atoms with Crippen molar-refractivity contribution in [1.29, 1.82) is 0 Å². The summed E-state index contributed by atoms with van der Waals surface area (Å²) in [4.78, 5) is 10.6. The van der Waals surface area contributed by atoms with Crippen molar-refractivity contribution in [3.63, 3.8) is 0 Å². The van der Waals surface area contributed by atoms with Crippen molar-refractivity contribution >= 4 is 5.91 Å². The largest absolute Gasteiger partial charge is 0.392 e. The lowest BCUT2D eigenvalue weighted by Gasteiger charge is -2.17. The van der Waals surface area contributed by atoms with Gasteiger partial charge in [-0.05, 0) is 23.3 Å². The maximum absolute atomic E-state index is 13.1. The second-order valence-electron chi connectivity index (χ2n) is 3.73. The van der Waals surface area contributed by atoms with Gasteiger partial charge in [0.15, 0.2) is 0 Å². The minimum absolute atomic E-state index is 0.0859. The Hall–Kier alpha value is -1.50. The minimum Gasteiger partial charge on any atom is -0.392 e. The van der Waals surface area contributed by atoms with E-state index >= 15 is 0 Å². The molecule has 0 radical (unpaired) electrons. The van der Waals surface area contributed by atoms with Crippen LogP contribution in [0, 0.1) is 5.82 Å². The summed E-state index contributed by atoms with van der Waals surface area (Å²) in [5, 5.41) is 28.0. The lowest BCUT2D eigenvalue weighted by molar-refractivity contribution is -0.121. The maximum Gasteiger partial charge on any atom is 0.220 e. The summed E-state index contributed by atoms with van der Waals surface area (Å²) >= 11 is 0. The van der Waals surface area contributed by atoms with Gasteiger partial charge in [-0.25, -0.2) is 4.39 Å². The van der Waals surface area contributed by atoms with Gasteiger partial charge in [0.1, 0.15) is 11.9 Å². The number of amides is 1. The van der Waals surface area contributed by atoms with Crippen molar-refractivity contribution in [3.05, 3.63) is 35.1 Å². The third kappa shape index (κ3) is 3.77. The second-order valence-corrected chi connectivity index (χ2v) is 3.73. The van der Waals surface area contributed by atoms with E-state index in [1.807, 2.05) is 0 Å². The fourth-order valence-electron chi connectivity index (χ4n) is 1.48. The molecule has 2 unspecified atom stereocenters. The monoisotopic (exact) mass is 243 g/mol. The SMILES string of the molecule is NC(=O)CC(O)C(O)c1cc(F)cc(CO)c1. The van der Waals surface area contributed by atoms with Crippen molar-refractivity contribution in [2.75, 3.05) is 0 Å². The Morgan fingerprint density at radius 1 is 1.35 bits per heavy atom. The van der Waals surface area contributed by atoms with Crippen LogP contribution in [0.5, 0.6) is 0 Å². The van der Waals surface area contributed by atoms with Gasteiger partial charge in [-0.2, -0.15) is 0 Å². The van der Waals surface area contributed by atoms with Crippen molar-refractivity contribution < 1.29 is 24.5 Å². The van der Waals surface area contributed by atoms with Crippen molar-refractivity contribution in [2.24, 2.45) is 5.73 Å². The molecule has 5 nitrogen and oxygen atoms in total. The van der Waals surface area contributed by atoms with E-state index in [0.29, 0.717) is 0 Å². The van der Waals surface area contributed by atoms with Gasteiger partial charge in [-0.15, -0.1) is 0 Å². The Balaban J connectivity index is 2.91. The highest BCUT2D eigenvalue weighted by atomic mass is 19.1. The number of aliphatic hydroxyl groups is 3. The first-order valence-corrected chi connectivity index (χ1v) is 4.98. The molecule has 0 saturated heterocycles. The molecule has 0 saturated carbocycles. The predicted octanol–water partition coefficient (Wildman–Crippen LogP) is -0.412. The van der Waals surface area contributed by atoms with E-state index in [0.717, 1.165) is 12.1 Å². The van der Waals surface area contributed by atoms with Crippen LogP contribution in [0.4, 0.5) is 4.39 Å². The number of nitrogens with two attached hydrogens (primary N) is 1. The molecular weight excluding hydrogens is 229 g/mol. The molecule has 0 aliphatic rings. The molecule has 0 bridgehead atoms. The number of carbonyl (C=O) groups excluding carboxylic acids is 1. The predicted molar refractivity (Wildman–Crippen MR) is 57.1 cm³/mol. The van der Waals surface area contributed by atoms with Gasteiger partial charge in [-0.1, -0.05) is 6.07 Å². The molecule has 6 heteroatoms. The standard InChI is InChI=1S/C11H14FNO4/c12-8-2-6(5-14)1-7(3-8)11(17)9(15)4-10(13)16/h1-3,9,11,14-15,17H,4-5H2,(H2,13,16). The summed E-state index contributed by atoms with van der Waals surface area (Å²) in [6.07, 6.45) is -3.25. The number of hydrogen-bond acceptors (Lipinski definition) is 4. The van der Waals surface area contributed by atoms with Gasteiger partial charge in [-0.3, -0.25) is 4.79 Å². The number of benzene rings is 1. The molecular formula is C11H14FNO4. The normalized spacial score (nSPS) is 14.4. The molecule has 2 atom stereocenters. The molecule has 0 aliphatic carbocycles. The van der Waals surface area contributed by atoms with Gasteiger partial charge in [0.25, 0.3) is 0 Å². The number of halogens is 1. The average molecular weight is 243 g/mol. The van der Waals surface area contributed by atoms with Crippen LogP contribution in [-0.4, -0.2) is 27.3 Å². The highest BCUT2D eigenvalue weighted by molar-refractivity contribution is 5.74. The number of hydrogen-bond donors (Lipinski definition) is 4. The number of rotatable bonds is 5. The van der Waals surface area contributed by atoms with Crippen LogP contribution in [-0.2, 0) is 11.4 Å². The zero-order chi connectivity index (χ0) is 13.0. The van der Waals surface area contributed by atoms with Crippen LogP contribution < -0.4 is 5.73 Å². The zero-order valence-electron chi connectivity index (χ0n) is 9.01. The molecule has 1 aromatic rings. The van der Waals surface area contributed by atoms with E-state index in [1.165, 1.54) is 6.07 Å². The molecule has 0 heterocycles. The van der Waals surface area contributed by atoms with Crippen LogP contribution >= 0.6 is 0 Å². The molecule has 0 aliphatic heterocycles. The molecule has 1 aromatic carbocycles. The lowest BCUT2D eigenvalue weighted by atomic mass is 10.00. The first-order chi connectivity index (χ1) is 7.93. The van der Waals surface area contributed by atoms with Gasteiger partial charge in [0.2, 0.25) is 5.91 Å². The quantitative estimate of drug-likeness (QED) is 0.564. The maximum atomic E-state index is 13.1. The van der Waals surface area contributed by atoms with Crippen LogP contribution in [0.3, 0.4) is 0 Å². The zero-order valence-corrected chi connectivity index (χ0v) is 9.01. The summed E-state index contributed by atoms with van der Waals surface area (Å²) < 4.78 is 13.1. The number of carbonyl (C=O) groups is 1. The molecule has 1 rings (SSSR count). The summed E-state index contributed by atoms with van der Waals surface area (Å²) in [7, 11) is 0. The average Bonchev–Trinajstić information content (AvgIpc) is 2.26. The Bertz CT molecular complexity index is 410. The Morgan fingerprint density at radius 3 is 2.53 bits per heavy atom. The first-order valence-electron chi connectivity index (χ1n) is 4.98. The molecule has 0 aromatic heterocycles. The minimum atomic E-state index is -1.43. The molecule has 0 fully saturated rings. The van der Waals surface area contributed by atoms with E-state index in [2.05, 4.69) is 0 Å². The van der Waals surface area contributed by atoms with Crippen LogP contribution in [0.15, 0.2) is 18.2 Å². The van der Waals surface area contributed by atoms with E-state index in [9.17, 15) is 19.4 Å². The van der Waals surface area contributed by atoms with Gasteiger partial charge < -0.3 is 21.1 Å². The van der Waals surface area contributed by atoms with Gasteiger partial charge in [0.05, 0.1) is 19.1 Å². The van der Waals surface area contributed by atoms with Crippen molar-refractivity contribution in [1.82, 2.24) is 0 Å². The molecule has 5 N–H and O–H groups in total. The van der Waals surface area contributed by atoms with E-state index < -0.39 is 30.4 Å². The summed E-state index contributed by atoms with van der Waals surface area (Å²) in [6.45, 7) is -0.386. The molecule has 0 spiro atoms. The third-order valence-electron chi connectivity index (χ3n) is 2.28. The smallest absolute Gasteiger partial charge is 0.220 e. The summed E-state index contributed by atoms with van der Waals surface area (Å²) in [5.41, 5.74) is 5.23. The summed E-state index contributed by atoms with van der Waals surface area (Å²) in [5.74, 6) is -1.41. The van der Waals surface area contributed by atoms with E-state index in [4.69, 9.17) is 10.8 Å². The Labute approximate surface area is 97.3 Å². The van der Waals surface area contributed by atoms with E-state index in [1.54, 1.807) is 0 Å². The molecule has 17 heavy (non-hydrogen) atoms. The van der Waals surface area contributed by atoms with Crippen LogP contribution in [0.25, 0.3) is 0 Å². The number of primary amides is 1. The molecule has 1 amide bonds. The van der Waals surface area contributed by atoms with E-state index in [-0.39, 0.29) is 17.7 Å². The third-order valence-corrected chi connectivity index (χ3v) is 2.28. The van der Waals surface area contributed by atoms with Gasteiger partial charge >= 0.3 is 0 Å². The first kappa shape index (κ1) is 13.6. The van der Waals surface area contributed by atoms with Crippen molar-refractivity contribution in [2.45, 2.75) is 25.2 Å². The Morgan fingerprint density at radius 2 is 2.00 bits per heavy atom. The highest BCUT2D eigenvalue weighted by Gasteiger charge is 2.21. The van der Waals surface area contributed by atoms with Crippen LogP contribution in [0.1, 0.15) is 23.7 Å². The fourth-order valence-corrected chi connectivity index (χ4v) is 1.48. The Kier molecular flexibility index (Phi) is 4.56. The van der Waals surface area contributed by atoms with Crippen molar-refractivity contribution in [3.8, 4) is 0 Å². The second kappa shape index (κ2) is 5.72. The van der Waals surface area contributed by atoms with Gasteiger partial charge in [0, 0.05) is 0 Å². The summed E-state index contributed by atoms with van der Waals surface area (Å²) in [6, 6.07) is 3.47. The van der Waals surface area contributed by atoms with Crippen LogP contribution in [0.2, 0.25) is 0 Å². The molecule has 94 valence electrons. The fraction of sp³-hybridized carbons (Fsp3) is 0.364. The topological polar surface area (TPSA) is 104 Å². The lowest BCUT2D eigenvalue weighted by Crippen LogP contribution is -2.25. The number of aliphatic hydroxyl groups excluding tert-OH is 3. The highest BCUT2D eigenvalue weighted by Crippen LogP contribution is 2.21.